The number of amides is 2. The van der Waals surface area contributed by atoms with E-state index in [1.54, 1.807) is 0 Å². The first-order chi connectivity index (χ1) is 15.9. The molecule has 4 heteroatoms. The van der Waals surface area contributed by atoms with Crippen LogP contribution in [0.2, 0.25) is 0 Å². The van der Waals surface area contributed by atoms with Crippen molar-refractivity contribution in [3.63, 3.8) is 0 Å². The van der Waals surface area contributed by atoms with Gasteiger partial charge < -0.3 is 5.32 Å². The lowest BCUT2D eigenvalue weighted by molar-refractivity contribution is 0.0893. The monoisotopic (exact) mass is 456 g/mol. The van der Waals surface area contributed by atoms with E-state index in [4.69, 9.17) is 0 Å². The summed E-state index contributed by atoms with van der Waals surface area (Å²) in [6.45, 7) is 15.9. The molecule has 34 heavy (non-hydrogen) atoms. The molecule has 1 N–H and O–H groups in total. The van der Waals surface area contributed by atoms with Gasteiger partial charge in [0.25, 0.3) is 11.8 Å². The molecular weight excluding hydrogens is 420 g/mol. The van der Waals surface area contributed by atoms with Crippen LogP contribution in [0.1, 0.15) is 93.2 Å². The number of nitrogens with zero attached hydrogens (tertiary/aromatic N) is 1. The van der Waals surface area contributed by atoms with Gasteiger partial charge in [-0.15, -0.1) is 0 Å². The number of benzene rings is 3. The van der Waals surface area contributed by atoms with Crippen molar-refractivity contribution in [2.75, 3.05) is 16.8 Å². The molecule has 0 radical (unpaired) electrons. The van der Waals surface area contributed by atoms with Gasteiger partial charge in [0, 0.05) is 34.1 Å². The Labute approximate surface area is 203 Å². The number of imide groups is 1. The molecule has 0 saturated carbocycles. The van der Waals surface area contributed by atoms with Crippen molar-refractivity contribution in [1.29, 1.82) is 0 Å². The maximum Gasteiger partial charge on any atom is 0.265 e. The SMILES string of the molecule is CCCCNc1ccc2c3c(cccc13)C(=O)N(c1ccc(C(C)(C)C)cc1C(C)(C)C)C2=O. The molecule has 1 aliphatic rings. The second kappa shape index (κ2) is 8.57. The number of carbonyl (C=O) groups is 2. The molecule has 1 aliphatic heterocycles. The second-order valence-corrected chi connectivity index (χ2v) is 11.3. The molecule has 178 valence electrons. The van der Waals surface area contributed by atoms with Gasteiger partial charge in [0.2, 0.25) is 0 Å². The van der Waals surface area contributed by atoms with E-state index in [1.165, 1.54) is 10.5 Å². The van der Waals surface area contributed by atoms with Crippen molar-refractivity contribution in [1.82, 2.24) is 0 Å². The molecule has 0 aliphatic carbocycles. The first kappa shape index (κ1) is 24.0. The Morgan fingerprint density at radius 2 is 1.50 bits per heavy atom. The first-order valence-electron chi connectivity index (χ1n) is 12.3. The van der Waals surface area contributed by atoms with Gasteiger partial charge in [-0.1, -0.05) is 79.2 Å². The van der Waals surface area contributed by atoms with Crippen LogP contribution in [0.15, 0.2) is 48.5 Å². The molecule has 4 nitrogen and oxygen atoms in total. The summed E-state index contributed by atoms with van der Waals surface area (Å²) in [7, 11) is 0. The minimum Gasteiger partial charge on any atom is -0.385 e. The van der Waals surface area contributed by atoms with Gasteiger partial charge in [-0.2, -0.15) is 0 Å². The van der Waals surface area contributed by atoms with E-state index in [9.17, 15) is 9.59 Å². The van der Waals surface area contributed by atoms with Crippen molar-refractivity contribution in [3.8, 4) is 0 Å². The van der Waals surface area contributed by atoms with Crippen molar-refractivity contribution < 1.29 is 9.59 Å². The second-order valence-electron chi connectivity index (χ2n) is 11.3. The zero-order valence-corrected chi connectivity index (χ0v) is 21.5. The average molecular weight is 457 g/mol. The Morgan fingerprint density at radius 3 is 2.12 bits per heavy atom. The van der Waals surface area contributed by atoms with Crippen LogP contribution < -0.4 is 10.2 Å². The average Bonchev–Trinajstić information content (AvgIpc) is 2.77. The number of nitrogens with one attached hydrogen (secondary N) is 1. The lowest BCUT2D eigenvalue weighted by Crippen LogP contribution is -2.41. The number of anilines is 2. The third kappa shape index (κ3) is 4.11. The smallest absolute Gasteiger partial charge is 0.265 e. The van der Waals surface area contributed by atoms with Crippen LogP contribution in [0.4, 0.5) is 11.4 Å². The molecule has 0 aromatic heterocycles. The predicted octanol–water partition coefficient (Wildman–Crippen LogP) is 7.45. The largest absolute Gasteiger partial charge is 0.385 e. The van der Waals surface area contributed by atoms with Crippen molar-refractivity contribution >= 4 is 34.0 Å². The van der Waals surface area contributed by atoms with Crippen LogP contribution in [0, 0.1) is 0 Å². The quantitative estimate of drug-likeness (QED) is 0.320. The minimum atomic E-state index is -0.261. The van der Waals surface area contributed by atoms with E-state index < -0.39 is 0 Å². The van der Waals surface area contributed by atoms with Crippen molar-refractivity contribution in [2.45, 2.75) is 72.1 Å². The first-order valence-corrected chi connectivity index (χ1v) is 12.3. The van der Waals surface area contributed by atoms with Gasteiger partial charge in [-0.05, 0) is 52.6 Å². The normalized spacial score (nSPS) is 14.1. The van der Waals surface area contributed by atoms with Crippen LogP contribution in [-0.4, -0.2) is 18.4 Å². The number of unbranched alkanes of at least 4 members (excludes halogenated alkanes) is 1. The highest BCUT2D eigenvalue weighted by atomic mass is 16.2. The molecule has 0 saturated heterocycles. The summed E-state index contributed by atoms with van der Waals surface area (Å²) >= 11 is 0. The zero-order chi connectivity index (χ0) is 24.8. The Kier molecular flexibility index (Phi) is 6.05. The van der Waals surface area contributed by atoms with Gasteiger partial charge in [0.1, 0.15) is 0 Å². The molecule has 0 fully saturated rings. The van der Waals surface area contributed by atoms with E-state index in [1.807, 2.05) is 42.5 Å². The molecule has 1 heterocycles. The molecule has 2 amide bonds. The molecule has 4 rings (SSSR count). The Balaban J connectivity index is 1.88. The summed E-state index contributed by atoms with van der Waals surface area (Å²) in [5.74, 6) is -0.523. The fourth-order valence-corrected chi connectivity index (χ4v) is 4.67. The summed E-state index contributed by atoms with van der Waals surface area (Å²) in [6, 6.07) is 15.7. The predicted molar refractivity (Wildman–Crippen MR) is 142 cm³/mol. The summed E-state index contributed by atoms with van der Waals surface area (Å²) in [5, 5.41) is 5.15. The van der Waals surface area contributed by atoms with E-state index in [-0.39, 0.29) is 22.6 Å². The Bertz CT molecular complexity index is 1250. The number of carbonyl (C=O) groups excluding carboxylic acids is 2. The van der Waals surface area contributed by atoms with Crippen LogP contribution in [0.5, 0.6) is 0 Å². The lowest BCUT2D eigenvalue weighted by Gasteiger charge is -2.33. The van der Waals surface area contributed by atoms with E-state index in [2.05, 4.69) is 59.8 Å². The molecule has 3 aromatic rings. The summed E-state index contributed by atoms with van der Waals surface area (Å²) in [5.41, 5.74) is 4.69. The summed E-state index contributed by atoms with van der Waals surface area (Å²) in [4.78, 5) is 29.0. The minimum absolute atomic E-state index is 0.0339. The van der Waals surface area contributed by atoms with Gasteiger partial charge in [-0.25, -0.2) is 4.90 Å². The molecule has 0 spiro atoms. The highest BCUT2D eigenvalue weighted by Crippen LogP contribution is 2.41. The van der Waals surface area contributed by atoms with Gasteiger partial charge in [-0.3, -0.25) is 9.59 Å². The number of hydrogen-bond donors (Lipinski definition) is 1. The molecule has 0 bridgehead atoms. The lowest BCUT2D eigenvalue weighted by atomic mass is 9.79. The van der Waals surface area contributed by atoms with E-state index in [0.29, 0.717) is 16.8 Å². The molecule has 3 aromatic carbocycles. The van der Waals surface area contributed by atoms with E-state index >= 15 is 0 Å². The van der Waals surface area contributed by atoms with Crippen LogP contribution in [-0.2, 0) is 10.8 Å². The molecule has 0 unspecified atom stereocenters. The maximum atomic E-state index is 13.8. The van der Waals surface area contributed by atoms with Crippen LogP contribution in [0.3, 0.4) is 0 Å². The number of rotatable bonds is 5. The third-order valence-corrected chi connectivity index (χ3v) is 6.66. The fourth-order valence-electron chi connectivity index (χ4n) is 4.67. The topological polar surface area (TPSA) is 49.4 Å². The van der Waals surface area contributed by atoms with Gasteiger partial charge >= 0.3 is 0 Å². The Morgan fingerprint density at radius 1 is 0.824 bits per heavy atom. The molecular formula is C30H36N2O2. The third-order valence-electron chi connectivity index (χ3n) is 6.66. The zero-order valence-electron chi connectivity index (χ0n) is 21.5. The Hall–Kier alpha value is -3.14. The van der Waals surface area contributed by atoms with Gasteiger partial charge in [0.05, 0.1) is 5.69 Å². The highest BCUT2D eigenvalue weighted by molar-refractivity contribution is 6.36. The number of hydrogen-bond acceptors (Lipinski definition) is 3. The van der Waals surface area contributed by atoms with E-state index in [0.717, 1.165) is 41.4 Å². The van der Waals surface area contributed by atoms with Gasteiger partial charge in [0.15, 0.2) is 0 Å². The summed E-state index contributed by atoms with van der Waals surface area (Å²) in [6.07, 6.45) is 2.17. The highest BCUT2D eigenvalue weighted by Gasteiger charge is 2.37. The van der Waals surface area contributed by atoms with Crippen molar-refractivity contribution in [3.05, 3.63) is 70.8 Å². The van der Waals surface area contributed by atoms with Crippen LogP contribution >= 0.6 is 0 Å². The van der Waals surface area contributed by atoms with Crippen LogP contribution in [0.25, 0.3) is 10.8 Å². The molecule has 0 atom stereocenters. The maximum absolute atomic E-state index is 13.8. The summed E-state index contributed by atoms with van der Waals surface area (Å²) < 4.78 is 0. The van der Waals surface area contributed by atoms with Crippen molar-refractivity contribution in [2.24, 2.45) is 0 Å². The standard InChI is InChI=1S/C30H36N2O2/c1-8-9-17-31-24-15-14-22-26-20(24)11-10-12-21(26)27(33)32(28(22)34)25-16-13-19(29(2,3)4)18-23(25)30(5,6)7/h10-16,18,31H,8-9,17H2,1-7H3. The fraction of sp³-hybridized carbons (Fsp3) is 0.400.